The van der Waals surface area contributed by atoms with Crippen LogP contribution in [0.4, 0.5) is 0 Å². The van der Waals surface area contributed by atoms with Crippen LogP contribution in [0.2, 0.25) is 0 Å². The van der Waals surface area contributed by atoms with Crippen molar-refractivity contribution in [1.82, 2.24) is 15.5 Å². The van der Waals surface area contributed by atoms with Crippen LogP contribution in [-0.4, -0.2) is 33.2 Å². The van der Waals surface area contributed by atoms with Crippen molar-refractivity contribution in [2.24, 2.45) is 5.92 Å². The number of aryl methyl sites for hydroxylation is 2. The van der Waals surface area contributed by atoms with E-state index in [1.54, 1.807) is 0 Å². The number of amides is 1. The Morgan fingerprint density at radius 1 is 1.20 bits per heavy atom. The first-order valence-corrected chi connectivity index (χ1v) is 8.86. The topological polar surface area (TPSA) is 105 Å². The van der Waals surface area contributed by atoms with Crippen molar-refractivity contribution in [2.45, 2.75) is 57.9 Å². The Morgan fingerprint density at radius 2 is 1.96 bits per heavy atom. The summed E-state index contributed by atoms with van der Waals surface area (Å²) in [6.07, 6.45) is 5.30. The van der Waals surface area contributed by atoms with Gasteiger partial charge in [0.15, 0.2) is 0 Å². The van der Waals surface area contributed by atoms with E-state index in [1.807, 2.05) is 6.92 Å². The van der Waals surface area contributed by atoms with Crippen molar-refractivity contribution in [1.29, 1.82) is 0 Å². The summed E-state index contributed by atoms with van der Waals surface area (Å²) in [5, 5.41) is 16.9. The predicted octanol–water partition coefficient (Wildman–Crippen LogP) is 2.39. The van der Waals surface area contributed by atoms with Gasteiger partial charge in [0.25, 0.3) is 11.6 Å². The number of aromatic nitrogens is 2. The molecule has 2 heterocycles. The summed E-state index contributed by atoms with van der Waals surface area (Å²) in [5.74, 6) is -1.14. The van der Waals surface area contributed by atoms with Crippen LogP contribution in [0.15, 0.2) is 4.52 Å². The fraction of sp³-hybridized carbons (Fsp3) is 0.556. The van der Waals surface area contributed by atoms with Gasteiger partial charge in [0.1, 0.15) is 0 Å². The van der Waals surface area contributed by atoms with Gasteiger partial charge < -0.3 is 14.9 Å². The van der Waals surface area contributed by atoms with E-state index in [4.69, 9.17) is 9.63 Å². The zero-order chi connectivity index (χ0) is 17.6. The molecule has 1 amide bonds. The minimum Gasteiger partial charge on any atom is -0.481 e. The molecule has 2 aliphatic rings. The molecule has 0 atom stereocenters. The molecule has 1 saturated carbocycles. The number of hydrogen-bond donors (Lipinski definition) is 2. The lowest BCUT2D eigenvalue weighted by atomic mass is 9.86. The number of carbonyl (C=O) groups is 2. The number of nitrogens with one attached hydrogen (secondary N) is 1. The average Bonchev–Trinajstić information content (AvgIpc) is 3.20. The molecule has 0 spiro atoms. The maximum absolute atomic E-state index is 13.0. The molecule has 0 saturated heterocycles. The summed E-state index contributed by atoms with van der Waals surface area (Å²) < 4.78 is 5.29. The molecule has 2 aliphatic carbocycles. The zero-order valence-corrected chi connectivity index (χ0v) is 14.2. The summed E-state index contributed by atoms with van der Waals surface area (Å²) >= 11 is 0. The van der Waals surface area contributed by atoms with Gasteiger partial charge in [-0.15, -0.1) is 0 Å². The SMILES string of the molecule is Cc1noc2nc3c(c(C(=O)NC4CCC(C(=O)O)CC4)c12)CCC3. The highest BCUT2D eigenvalue weighted by atomic mass is 16.5. The Kier molecular flexibility index (Phi) is 3.94. The first kappa shape index (κ1) is 16.1. The van der Waals surface area contributed by atoms with E-state index in [-0.39, 0.29) is 17.9 Å². The smallest absolute Gasteiger partial charge is 0.306 e. The Labute approximate surface area is 144 Å². The lowest BCUT2D eigenvalue weighted by molar-refractivity contribution is -0.142. The van der Waals surface area contributed by atoms with Crippen molar-refractivity contribution in [2.75, 3.05) is 0 Å². The van der Waals surface area contributed by atoms with Gasteiger partial charge in [-0.05, 0) is 57.4 Å². The first-order chi connectivity index (χ1) is 12.0. The number of pyridine rings is 1. The maximum atomic E-state index is 13.0. The Bertz CT molecular complexity index is 850. The fourth-order valence-corrected chi connectivity index (χ4v) is 4.11. The number of carboxylic acids is 1. The van der Waals surface area contributed by atoms with Crippen LogP contribution in [0.25, 0.3) is 11.1 Å². The van der Waals surface area contributed by atoms with Crippen LogP contribution in [0.1, 0.15) is 59.4 Å². The largest absolute Gasteiger partial charge is 0.481 e. The second-order valence-electron chi connectivity index (χ2n) is 7.07. The second kappa shape index (κ2) is 6.13. The molecule has 132 valence electrons. The highest BCUT2D eigenvalue weighted by Gasteiger charge is 2.30. The van der Waals surface area contributed by atoms with Gasteiger partial charge in [0, 0.05) is 11.7 Å². The van der Waals surface area contributed by atoms with Gasteiger partial charge in [0.2, 0.25) is 0 Å². The molecule has 25 heavy (non-hydrogen) atoms. The molecule has 7 nitrogen and oxygen atoms in total. The van der Waals surface area contributed by atoms with Crippen molar-refractivity contribution in [3.63, 3.8) is 0 Å². The zero-order valence-electron chi connectivity index (χ0n) is 14.2. The highest BCUT2D eigenvalue weighted by molar-refractivity contribution is 6.07. The van der Waals surface area contributed by atoms with E-state index in [2.05, 4.69) is 15.5 Å². The van der Waals surface area contributed by atoms with Gasteiger partial charge >= 0.3 is 5.97 Å². The van der Waals surface area contributed by atoms with Crippen LogP contribution in [0, 0.1) is 12.8 Å². The van der Waals surface area contributed by atoms with E-state index in [0.717, 1.165) is 30.5 Å². The molecular weight excluding hydrogens is 322 g/mol. The lowest BCUT2D eigenvalue weighted by Gasteiger charge is -2.27. The number of fused-ring (bicyclic) bond motifs is 2. The van der Waals surface area contributed by atoms with Gasteiger partial charge in [0.05, 0.1) is 22.6 Å². The quantitative estimate of drug-likeness (QED) is 0.886. The molecular formula is C18H21N3O4. The van der Waals surface area contributed by atoms with E-state index >= 15 is 0 Å². The third-order valence-corrected chi connectivity index (χ3v) is 5.46. The number of rotatable bonds is 3. The Morgan fingerprint density at radius 3 is 2.68 bits per heavy atom. The van der Waals surface area contributed by atoms with Gasteiger partial charge in [-0.2, -0.15) is 0 Å². The second-order valence-corrected chi connectivity index (χ2v) is 7.07. The predicted molar refractivity (Wildman–Crippen MR) is 89.4 cm³/mol. The number of aliphatic carboxylic acids is 1. The van der Waals surface area contributed by atoms with Gasteiger partial charge in [-0.3, -0.25) is 9.59 Å². The number of hydrogen-bond acceptors (Lipinski definition) is 5. The van der Waals surface area contributed by atoms with Crippen molar-refractivity contribution in [3.05, 3.63) is 22.5 Å². The highest BCUT2D eigenvalue weighted by Crippen LogP contribution is 2.32. The number of nitrogens with zero attached hydrogens (tertiary/aromatic N) is 2. The van der Waals surface area contributed by atoms with Crippen LogP contribution < -0.4 is 5.32 Å². The third-order valence-electron chi connectivity index (χ3n) is 5.46. The molecule has 0 aromatic carbocycles. The minimum atomic E-state index is -0.737. The van der Waals surface area contributed by atoms with Crippen LogP contribution >= 0.6 is 0 Å². The molecule has 0 aliphatic heterocycles. The molecule has 0 bridgehead atoms. The van der Waals surface area contributed by atoms with E-state index in [9.17, 15) is 9.59 Å². The third kappa shape index (κ3) is 2.77. The fourth-order valence-electron chi connectivity index (χ4n) is 4.11. The Hall–Kier alpha value is -2.44. The number of carboxylic acid groups (broad SMARTS) is 1. The monoisotopic (exact) mass is 343 g/mol. The normalized spacial score (nSPS) is 22.8. The van der Waals surface area contributed by atoms with Crippen LogP contribution in [0.3, 0.4) is 0 Å². The van der Waals surface area contributed by atoms with Crippen LogP contribution in [0.5, 0.6) is 0 Å². The molecule has 7 heteroatoms. The molecule has 4 rings (SSSR count). The van der Waals surface area contributed by atoms with Crippen LogP contribution in [-0.2, 0) is 17.6 Å². The van der Waals surface area contributed by atoms with Crippen molar-refractivity contribution in [3.8, 4) is 0 Å². The van der Waals surface area contributed by atoms with Gasteiger partial charge in [-0.25, -0.2) is 4.98 Å². The summed E-state index contributed by atoms with van der Waals surface area (Å²) in [5.41, 5.74) is 3.70. The van der Waals surface area contributed by atoms with Gasteiger partial charge in [-0.1, -0.05) is 5.16 Å². The van der Waals surface area contributed by atoms with Crippen molar-refractivity contribution >= 4 is 23.0 Å². The summed E-state index contributed by atoms with van der Waals surface area (Å²) in [7, 11) is 0. The molecule has 0 unspecified atom stereocenters. The summed E-state index contributed by atoms with van der Waals surface area (Å²) in [6.45, 7) is 1.82. The summed E-state index contributed by atoms with van der Waals surface area (Å²) in [6, 6.07) is 0.0172. The standard InChI is InChI=1S/C18H21N3O4/c1-9-14-15(12-3-2-4-13(12)20-17(14)25-21-9)16(22)19-11-7-5-10(6-8-11)18(23)24/h10-11H,2-8H2,1H3,(H,19,22)(H,23,24). The maximum Gasteiger partial charge on any atom is 0.306 e. The average molecular weight is 343 g/mol. The minimum absolute atomic E-state index is 0.0172. The molecule has 1 fully saturated rings. The molecule has 2 N–H and O–H groups in total. The molecule has 2 aromatic heterocycles. The molecule has 2 aromatic rings. The first-order valence-electron chi connectivity index (χ1n) is 8.86. The number of carbonyl (C=O) groups excluding carboxylic acids is 1. The molecule has 0 radical (unpaired) electrons. The van der Waals surface area contributed by atoms with E-state index in [0.29, 0.717) is 48.0 Å². The van der Waals surface area contributed by atoms with E-state index < -0.39 is 5.97 Å². The summed E-state index contributed by atoms with van der Waals surface area (Å²) in [4.78, 5) is 28.6. The Balaban J connectivity index is 1.61. The van der Waals surface area contributed by atoms with Crippen molar-refractivity contribution < 1.29 is 19.2 Å². The van der Waals surface area contributed by atoms with E-state index in [1.165, 1.54) is 0 Å². The lowest BCUT2D eigenvalue weighted by Crippen LogP contribution is -2.39.